The second-order valence-corrected chi connectivity index (χ2v) is 3.46. The van der Waals surface area contributed by atoms with Gasteiger partial charge in [0.2, 0.25) is 0 Å². The van der Waals surface area contributed by atoms with E-state index < -0.39 is 0 Å². The Morgan fingerprint density at radius 2 is 2.15 bits per heavy atom. The van der Waals surface area contributed by atoms with E-state index in [0.29, 0.717) is 0 Å². The summed E-state index contributed by atoms with van der Waals surface area (Å²) in [6.07, 6.45) is 7.53. The first kappa shape index (κ1) is 8.31. The molecule has 0 bridgehead atoms. The van der Waals surface area contributed by atoms with Crippen LogP contribution in [0.4, 0.5) is 0 Å². The maximum absolute atomic E-state index is 3.83. The molecule has 13 heavy (non-hydrogen) atoms. The molecule has 0 heterocycles. The highest BCUT2D eigenvalue weighted by molar-refractivity contribution is 5.57. The molecule has 0 aliphatic heterocycles. The third-order valence-corrected chi connectivity index (χ3v) is 2.54. The Bertz CT molecular complexity index is 317. The monoisotopic (exact) mass is 169 g/mol. The van der Waals surface area contributed by atoms with Crippen LogP contribution in [-0.4, -0.2) is 0 Å². The minimum atomic E-state index is 0.735. The van der Waals surface area contributed by atoms with Gasteiger partial charge in [-0.05, 0) is 41.5 Å². The Hall–Kier alpha value is -1.30. The Kier molecular flexibility index (Phi) is 2.05. The van der Waals surface area contributed by atoms with Crippen LogP contribution in [-0.2, 0) is 0 Å². The number of benzene rings is 1. The fraction of sp³-hybridized carbons (Fsp3) is 0.231. The number of hydrogen-bond acceptors (Lipinski definition) is 0. The zero-order valence-corrected chi connectivity index (χ0v) is 7.72. The molecule has 0 spiro atoms. The highest BCUT2D eigenvalue weighted by Gasteiger charge is 2.26. The third kappa shape index (κ3) is 1.44. The predicted octanol–water partition coefficient (Wildman–Crippen LogP) is 3.54. The lowest BCUT2D eigenvalue weighted by atomic mass is 9.97. The lowest BCUT2D eigenvalue weighted by molar-refractivity contribution is 1.11. The molecule has 1 radical (unpaired) electrons. The number of hydrogen-bond donors (Lipinski definition) is 0. The van der Waals surface area contributed by atoms with E-state index in [1.807, 2.05) is 12.1 Å². The Morgan fingerprint density at radius 1 is 1.38 bits per heavy atom. The maximum atomic E-state index is 3.83. The molecule has 1 aromatic carbocycles. The zero-order valence-electron chi connectivity index (χ0n) is 7.72. The van der Waals surface area contributed by atoms with Gasteiger partial charge in [0.05, 0.1) is 0 Å². The van der Waals surface area contributed by atoms with Crippen LogP contribution in [0.25, 0.3) is 6.08 Å². The van der Waals surface area contributed by atoms with Crippen LogP contribution in [0.5, 0.6) is 0 Å². The highest BCUT2D eigenvalue weighted by atomic mass is 14.3. The Balaban J connectivity index is 2.56. The van der Waals surface area contributed by atoms with E-state index in [4.69, 9.17) is 0 Å². The zero-order chi connectivity index (χ0) is 9.26. The first-order chi connectivity index (χ1) is 6.36. The van der Waals surface area contributed by atoms with Crippen LogP contribution >= 0.6 is 0 Å². The molecular formula is C13H13. The van der Waals surface area contributed by atoms with Gasteiger partial charge in [0.25, 0.3) is 0 Å². The molecular weight excluding hydrogens is 156 g/mol. The third-order valence-electron chi connectivity index (χ3n) is 2.54. The molecule has 1 fully saturated rings. The SMILES string of the molecule is C=[C]c1cccc(C=C)c1C1CC1. The van der Waals surface area contributed by atoms with Crippen LogP contribution in [0.1, 0.15) is 35.4 Å². The molecule has 65 valence electrons. The summed E-state index contributed by atoms with van der Waals surface area (Å²) in [7, 11) is 0. The van der Waals surface area contributed by atoms with Crippen molar-refractivity contribution in [1.29, 1.82) is 0 Å². The molecule has 0 amide bonds. The van der Waals surface area contributed by atoms with Crippen LogP contribution in [0.15, 0.2) is 31.4 Å². The molecule has 0 atom stereocenters. The van der Waals surface area contributed by atoms with Gasteiger partial charge in [-0.25, -0.2) is 0 Å². The quantitative estimate of drug-likeness (QED) is 0.649. The summed E-state index contributed by atoms with van der Waals surface area (Å²) in [6.45, 7) is 7.55. The van der Waals surface area contributed by atoms with Gasteiger partial charge in [0, 0.05) is 0 Å². The molecule has 1 aliphatic carbocycles. The van der Waals surface area contributed by atoms with Crippen molar-refractivity contribution in [3.63, 3.8) is 0 Å². The lowest BCUT2D eigenvalue weighted by Gasteiger charge is -2.07. The minimum Gasteiger partial charge on any atom is -0.0985 e. The molecule has 0 heteroatoms. The van der Waals surface area contributed by atoms with Gasteiger partial charge < -0.3 is 0 Å². The van der Waals surface area contributed by atoms with Crippen molar-refractivity contribution in [3.8, 4) is 0 Å². The van der Waals surface area contributed by atoms with Gasteiger partial charge in [-0.15, -0.1) is 0 Å². The average molecular weight is 169 g/mol. The van der Waals surface area contributed by atoms with Gasteiger partial charge in [-0.1, -0.05) is 37.4 Å². The van der Waals surface area contributed by atoms with E-state index >= 15 is 0 Å². The molecule has 0 saturated heterocycles. The van der Waals surface area contributed by atoms with Gasteiger partial charge in [0.1, 0.15) is 0 Å². The largest absolute Gasteiger partial charge is 0.0985 e. The van der Waals surface area contributed by atoms with E-state index in [9.17, 15) is 0 Å². The van der Waals surface area contributed by atoms with Crippen LogP contribution < -0.4 is 0 Å². The molecule has 1 saturated carbocycles. The van der Waals surface area contributed by atoms with Crippen molar-refractivity contribution in [2.75, 3.05) is 0 Å². The molecule has 0 N–H and O–H groups in total. The first-order valence-electron chi connectivity index (χ1n) is 4.65. The van der Waals surface area contributed by atoms with Crippen molar-refractivity contribution in [3.05, 3.63) is 54.1 Å². The van der Waals surface area contributed by atoms with Crippen molar-refractivity contribution in [2.45, 2.75) is 18.8 Å². The van der Waals surface area contributed by atoms with Crippen molar-refractivity contribution < 1.29 is 0 Å². The molecule has 1 aliphatic rings. The fourth-order valence-corrected chi connectivity index (χ4v) is 1.74. The molecule has 1 aromatic rings. The first-order valence-corrected chi connectivity index (χ1v) is 4.65. The fourth-order valence-electron chi connectivity index (χ4n) is 1.74. The van der Waals surface area contributed by atoms with Crippen LogP contribution in [0.2, 0.25) is 0 Å². The second-order valence-electron chi connectivity index (χ2n) is 3.46. The smallest absolute Gasteiger partial charge is 0.0143 e. The maximum Gasteiger partial charge on any atom is -0.0143 e. The second kappa shape index (κ2) is 3.21. The summed E-state index contributed by atoms with van der Waals surface area (Å²) in [5, 5.41) is 0. The Labute approximate surface area is 79.6 Å². The topological polar surface area (TPSA) is 0 Å². The predicted molar refractivity (Wildman–Crippen MR) is 56.5 cm³/mol. The summed E-state index contributed by atoms with van der Waals surface area (Å²) in [6, 6.07) is 6.23. The lowest BCUT2D eigenvalue weighted by Crippen LogP contribution is -1.90. The average Bonchev–Trinajstić information content (AvgIpc) is 3.00. The summed E-state index contributed by atoms with van der Waals surface area (Å²) in [4.78, 5) is 0. The number of rotatable bonds is 3. The molecule has 0 aromatic heterocycles. The molecule has 2 rings (SSSR count). The van der Waals surface area contributed by atoms with Gasteiger partial charge >= 0.3 is 0 Å². The summed E-state index contributed by atoms with van der Waals surface area (Å²) in [5.74, 6) is 0.735. The standard InChI is InChI=1S/C13H13/c1-3-10-6-5-7-11(4-2)13(10)12-8-9-12/h3,5-7,12H,1-2,8-9H2. The van der Waals surface area contributed by atoms with Gasteiger partial charge in [0.15, 0.2) is 0 Å². The van der Waals surface area contributed by atoms with Crippen LogP contribution in [0.3, 0.4) is 0 Å². The van der Waals surface area contributed by atoms with E-state index in [2.05, 4.69) is 31.4 Å². The molecule has 0 nitrogen and oxygen atoms in total. The van der Waals surface area contributed by atoms with Crippen LogP contribution in [0, 0.1) is 6.08 Å². The molecule has 0 unspecified atom stereocenters. The van der Waals surface area contributed by atoms with Gasteiger partial charge in [-0.3, -0.25) is 0 Å². The van der Waals surface area contributed by atoms with E-state index in [1.54, 1.807) is 0 Å². The summed E-state index contributed by atoms with van der Waals surface area (Å²) in [5.41, 5.74) is 3.79. The van der Waals surface area contributed by atoms with E-state index in [-0.39, 0.29) is 0 Å². The van der Waals surface area contributed by atoms with Gasteiger partial charge in [-0.2, -0.15) is 0 Å². The van der Waals surface area contributed by atoms with Crippen molar-refractivity contribution in [2.24, 2.45) is 0 Å². The van der Waals surface area contributed by atoms with Crippen molar-refractivity contribution in [1.82, 2.24) is 0 Å². The highest BCUT2D eigenvalue weighted by Crippen LogP contribution is 2.43. The Morgan fingerprint density at radius 3 is 2.69 bits per heavy atom. The normalized spacial score (nSPS) is 15.4. The van der Waals surface area contributed by atoms with E-state index in [1.165, 1.54) is 24.0 Å². The minimum absolute atomic E-state index is 0.735. The summed E-state index contributed by atoms with van der Waals surface area (Å²) < 4.78 is 0. The van der Waals surface area contributed by atoms with E-state index in [0.717, 1.165) is 11.5 Å². The summed E-state index contributed by atoms with van der Waals surface area (Å²) >= 11 is 0. The van der Waals surface area contributed by atoms with Crippen molar-refractivity contribution >= 4 is 6.08 Å².